The van der Waals surface area contributed by atoms with Crippen LogP contribution >= 0.6 is 0 Å². The summed E-state index contributed by atoms with van der Waals surface area (Å²) in [6.07, 6.45) is 3.90. The quantitative estimate of drug-likeness (QED) is 0.628. The van der Waals surface area contributed by atoms with E-state index in [0.29, 0.717) is 13.2 Å². The van der Waals surface area contributed by atoms with Crippen LogP contribution in [0.5, 0.6) is 5.75 Å². The molecule has 4 rings (SSSR count). The zero-order chi connectivity index (χ0) is 16.5. The topological polar surface area (TPSA) is 31.2 Å². The number of ketones is 1. The minimum absolute atomic E-state index is 0.193. The molecule has 0 spiro atoms. The van der Waals surface area contributed by atoms with Crippen molar-refractivity contribution in [2.75, 3.05) is 6.61 Å². The van der Waals surface area contributed by atoms with Gasteiger partial charge in [-0.05, 0) is 31.0 Å². The Morgan fingerprint density at radius 3 is 2.67 bits per heavy atom. The Kier molecular flexibility index (Phi) is 3.81. The fourth-order valence-corrected chi connectivity index (χ4v) is 3.01. The molecule has 1 saturated carbocycles. The Labute approximate surface area is 139 Å². The van der Waals surface area contributed by atoms with E-state index in [4.69, 9.17) is 4.74 Å². The molecule has 3 aromatic rings. The minimum Gasteiger partial charge on any atom is -0.489 e. The van der Waals surface area contributed by atoms with Gasteiger partial charge in [-0.15, -0.1) is 0 Å². The highest BCUT2D eigenvalue weighted by atomic mass is 19.1. The Morgan fingerprint density at radius 1 is 1.12 bits per heavy atom. The summed E-state index contributed by atoms with van der Waals surface area (Å²) in [7, 11) is 0. The highest BCUT2D eigenvalue weighted by molar-refractivity contribution is 6.09. The van der Waals surface area contributed by atoms with Gasteiger partial charge in [-0.25, -0.2) is 4.39 Å². The van der Waals surface area contributed by atoms with Crippen molar-refractivity contribution in [2.24, 2.45) is 5.92 Å². The lowest BCUT2D eigenvalue weighted by atomic mass is 10.1. The summed E-state index contributed by atoms with van der Waals surface area (Å²) in [5, 5.41) is 0.986. The van der Waals surface area contributed by atoms with Crippen molar-refractivity contribution in [3.8, 4) is 5.75 Å². The lowest BCUT2D eigenvalue weighted by molar-refractivity contribution is 0.0969. The van der Waals surface area contributed by atoms with Crippen LogP contribution < -0.4 is 4.74 Å². The number of hydrogen-bond acceptors (Lipinski definition) is 2. The largest absolute Gasteiger partial charge is 0.489 e. The van der Waals surface area contributed by atoms with Crippen molar-refractivity contribution < 1.29 is 13.9 Å². The molecule has 1 fully saturated rings. The summed E-state index contributed by atoms with van der Waals surface area (Å²) in [5.74, 6) is 0.321. The zero-order valence-electron chi connectivity index (χ0n) is 13.2. The number of carbonyl (C=O) groups excluding carboxylic acids is 1. The van der Waals surface area contributed by atoms with Gasteiger partial charge in [0.05, 0.1) is 6.54 Å². The number of fused-ring (bicyclic) bond motifs is 1. The van der Waals surface area contributed by atoms with Crippen LogP contribution in [0.4, 0.5) is 4.39 Å². The molecule has 1 aliphatic carbocycles. The van der Waals surface area contributed by atoms with Crippen LogP contribution in [-0.2, 0) is 6.54 Å². The second-order valence-corrected chi connectivity index (χ2v) is 6.17. The number of ether oxygens (including phenoxy) is 1. The molecule has 24 heavy (non-hydrogen) atoms. The number of carbonyl (C=O) groups is 1. The van der Waals surface area contributed by atoms with E-state index in [-0.39, 0.29) is 23.3 Å². The highest BCUT2D eigenvalue weighted by Gasteiger charge is 2.32. The molecule has 1 aliphatic rings. The fourth-order valence-electron chi connectivity index (χ4n) is 3.01. The third kappa shape index (κ3) is 2.80. The van der Waals surface area contributed by atoms with E-state index in [2.05, 4.69) is 0 Å². The molecule has 0 aliphatic heterocycles. The lowest BCUT2D eigenvalue weighted by Gasteiger charge is -2.08. The third-order valence-electron chi connectivity index (χ3n) is 4.43. The number of hydrogen-bond donors (Lipinski definition) is 0. The van der Waals surface area contributed by atoms with Crippen molar-refractivity contribution in [1.82, 2.24) is 4.57 Å². The van der Waals surface area contributed by atoms with Gasteiger partial charge in [-0.3, -0.25) is 4.79 Å². The third-order valence-corrected chi connectivity index (χ3v) is 4.43. The predicted octanol–water partition coefficient (Wildman–Crippen LogP) is 4.45. The van der Waals surface area contributed by atoms with Crippen molar-refractivity contribution in [3.05, 3.63) is 66.1 Å². The molecule has 0 unspecified atom stereocenters. The van der Waals surface area contributed by atoms with Crippen LogP contribution in [0, 0.1) is 11.7 Å². The van der Waals surface area contributed by atoms with Gasteiger partial charge in [0, 0.05) is 28.6 Å². The van der Waals surface area contributed by atoms with Gasteiger partial charge in [-0.2, -0.15) is 0 Å². The normalized spacial score (nSPS) is 14.0. The molecule has 1 aromatic heterocycles. The first kappa shape index (κ1) is 14.9. The van der Waals surface area contributed by atoms with Crippen molar-refractivity contribution in [2.45, 2.75) is 19.4 Å². The molecule has 0 saturated heterocycles. The molecule has 2 aromatic carbocycles. The Morgan fingerprint density at radius 2 is 1.88 bits per heavy atom. The second-order valence-electron chi connectivity index (χ2n) is 6.17. The highest BCUT2D eigenvalue weighted by Crippen LogP contribution is 2.35. The van der Waals surface area contributed by atoms with E-state index >= 15 is 0 Å². The number of para-hydroxylation sites is 2. The van der Waals surface area contributed by atoms with Crippen LogP contribution in [0.1, 0.15) is 23.2 Å². The maximum absolute atomic E-state index is 13.6. The fraction of sp³-hybridized carbons (Fsp3) is 0.250. The summed E-state index contributed by atoms with van der Waals surface area (Å²) in [6.45, 7) is 0.906. The first-order valence-electron chi connectivity index (χ1n) is 8.23. The smallest absolute Gasteiger partial charge is 0.168 e. The molecule has 1 heterocycles. The van der Waals surface area contributed by atoms with Crippen LogP contribution in [0.2, 0.25) is 0 Å². The van der Waals surface area contributed by atoms with E-state index in [1.165, 1.54) is 6.07 Å². The summed E-state index contributed by atoms with van der Waals surface area (Å²) in [6, 6.07) is 14.3. The molecule has 4 heteroatoms. The van der Waals surface area contributed by atoms with Crippen LogP contribution in [-0.4, -0.2) is 17.0 Å². The molecule has 0 radical (unpaired) electrons. The van der Waals surface area contributed by atoms with Crippen molar-refractivity contribution in [1.29, 1.82) is 0 Å². The predicted molar refractivity (Wildman–Crippen MR) is 90.9 cm³/mol. The summed E-state index contributed by atoms with van der Waals surface area (Å²) >= 11 is 0. The van der Waals surface area contributed by atoms with Crippen molar-refractivity contribution in [3.63, 3.8) is 0 Å². The number of halogens is 1. The van der Waals surface area contributed by atoms with Gasteiger partial charge >= 0.3 is 0 Å². The average molecular weight is 323 g/mol. The Bertz CT molecular complexity index is 896. The monoisotopic (exact) mass is 323 g/mol. The number of nitrogens with zero attached hydrogens (tertiary/aromatic N) is 1. The van der Waals surface area contributed by atoms with E-state index in [9.17, 15) is 9.18 Å². The van der Waals surface area contributed by atoms with Crippen LogP contribution in [0.3, 0.4) is 0 Å². The summed E-state index contributed by atoms with van der Waals surface area (Å²) in [5.41, 5.74) is 1.80. The SMILES string of the molecule is O=C(c1cn(CCOc2ccccc2F)c2ccccc12)C1CC1. The molecule has 0 bridgehead atoms. The number of rotatable bonds is 6. The molecule has 0 amide bonds. The minimum atomic E-state index is -0.362. The van der Waals surface area contributed by atoms with Crippen LogP contribution in [0.25, 0.3) is 10.9 Å². The molecular weight excluding hydrogens is 305 g/mol. The maximum atomic E-state index is 13.6. The lowest BCUT2D eigenvalue weighted by Crippen LogP contribution is -2.08. The van der Waals surface area contributed by atoms with Gasteiger partial charge in [0.1, 0.15) is 6.61 Å². The standard InChI is InChI=1S/C20H18FNO2/c21-17-6-2-4-8-19(17)24-12-11-22-13-16(20(23)14-9-10-14)15-5-1-3-7-18(15)22/h1-8,13-14H,9-12H2. The molecule has 122 valence electrons. The van der Waals surface area contributed by atoms with E-state index in [0.717, 1.165) is 29.3 Å². The van der Waals surface area contributed by atoms with Crippen molar-refractivity contribution >= 4 is 16.7 Å². The second kappa shape index (κ2) is 6.11. The molecule has 0 N–H and O–H groups in total. The molecule has 3 nitrogen and oxygen atoms in total. The first-order chi connectivity index (χ1) is 11.7. The summed E-state index contributed by atoms with van der Waals surface area (Å²) < 4.78 is 21.2. The van der Waals surface area contributed by atoms with E-state index in [1.54, 1.807) is 18.2 Å². The Hall–Kier alpha value is -2.62. The average Bonchev–Trinajstić information content (AvgIpc) is 3.39. The number of aromatic nitrogens is 1. The van der Waals surface area contributed by atoms with E-state index in [1.807, 2.05) is 35.0 Å². The molecular formula is C20H18FNO2. The van der Waals surface area contributed by atoms with Gasteiger partial charge in [-0.1, -0.05) is 30.3 Å². The number of Topliss-reactive ketones (excluding diaryl/α,β-unsaturated/α-hetero) is 1. The van der Waals surface area contributed by atoms with E-state index < -0.39 is 0 Å². The zero-order valence-corrected chi connectivity index (χ0v) is 13.2. The summed E-state index contributed by atoms with van der Waals surface area (Å²) in [4.78, 5) is 12.5. The Balaban J connectivity index is 1.55. The molecule has 0 atom stereocenters. The van der Waals surface area contributed by atoms with Gasteiger partial charge in [0.2, 0.25) is 0 Å². The van der Waals surface area contributed by atoms with Gasteiger partial charge < -0.3 is 9.30 Å². The van der Waals surface area contributed by atoms with Crippen LogP contribution in [0.15, 0.2) is 54.7 Å². The number of benzene rings is 2. The van der Waals surface area contributed by atoms with Gasteiger partial charge in [0.15, 0.2) is 17.3 Å². The maximum Gasteiger partial charge on any atom is 0.168 e. The first-order valence-corrected chi connectivity index (χ1v) is 8.23. The van der Waals surface area contributed by atoms with Gasteiger partial charge in [0.25, 0.3) is 0 Å².